The van der Waals surface area contributed by atoms with Gasteiger partial charge < -0.3 is 14.6 Å². The van der Waals surface area contributed by atoms with Crippen LogP contribution in [0.4, 0.5) is 5.69 Å². The Morgan fingerprint density at radius 3 is 2.39 bits per heavy atom. The maximum Gasteiger partial charge on any atom is 0.305 e. The number of benzene rings is 2. The topological polar surface area (TPSA) is 60.3 Å². The second-order valence-corrected chi connectivity index (χ2v) is 9.75. The van der Waals surface area contributed by atoms with E-state index in [1.54, 1.807) is 0 Å². The van der Waals surface area contributed by atoms with Crippen molar-refractivity contribution in [3.63, 3.8) is 0 Å². The predicted molar refractivity (Wildman–Crippen MR) is 147 cm³/mol. The minimum atomic E-state index is -0.172. The fraction of sp³-hybridized carbons (Fsp3) is 0.419. The molecule has 0 aliphatic rings. The highest BCUT2D eigenvalue weighted by atomic mass is 16.5. The first-order chi connectivity index (χ1) is 17.3. The number of nitrogens with one attached hydrogen (secondary N) is 1. The summed E-state index contributed by atoms with van der Waals surface area (Å²) in [5, 5.41) is 3.46. The van der Waals surface area contributed by atoms with Gasteiger partial charge in [-0.05, 0) is 67.9 Å². The summed E-state index contributed by atoms with van der Waals surface area (Å²) in [7, 11) is 2.00. The van der Waals surface area contributed by atoms with Crippen LogP contribution in [-0.4, -0.2) is 22.9 Å². The number of esters is 1. The Kier molecular flexibility index (Phi) is 9.92. The highest BCUT2D eigenvalue weighted by Gasteiger charge is 2.19. The minimum Gasteiger partial charge on any atom is -0.466 e. The predicted octanol–water partition coefficient (Wildman–Crippen LogP) is 6.51. The highest BCUT2D eigenvalue weighted by Crippen LogP contribution is 2.23. The quantitative estimate of drug-likeness (QED) is 0.220. The summed E-state index contributed by atoms with van der Waals surface area (Å²) in [4.78, 5) is 25.2. The first kappa shape index (κ1) is 27.3. The molecule has 3 rings (SSSR count). The lowest BCUT2D eigenvalue weighted by atomic mass is 10.0. The molecule has 0 atom stereocenters. The van der Waals surface area contributed by atoms with Crippen LogP contribution in [0.1, 0.15) is 79.0 Å². The summed E-state index contributed by atoms with van der Waals surface area (Å²) in [6.45, 7) is 9.45. The number of ketones is 1. The van der Waals surface area contributed by atoms with Gasteiger partial charge in [-0.15, -0.1) is 0 Å². The van der Waals surface area contributed by atoms with E-state index in [2.05, 4.69) is 54.9 Å². The zero-order valence-electron chi connectivity index (χ0n) is 22.4. The number of carbonyl (C=O) groups excluding carboxylic acids is 2. The molecule has 0 saturated carbocycles. The lowest BCUT2D eigenvalue weighted by molar-refractivity contribution is -0.143. The van der Waals surface area contributed by atoms with Crippen molar-refractivity contribution in [1.29, 1.82) is 0 Å². The monoisotopic (exact) mass is 488 g/mol. The van der Waals surface area contributed by atoms with Crippen molar-refractivity contribution in [3.05, 3.63) is 88.2 Å². The van der Waals surface area contributed by atoms with Crippen LogP contribution in [0.3, 0.4) is 0 Å². The fourth-order valence-corrected chi connectivity index (χ4v) is 4.61. The number of hydrogen-bond donors (Lipinski definition) is 1. The number of rotatable bonds is 13. The van der Waals surface area contributed by atoms with Gasteiger partial charge in [0.2, 0.25) is 0 Å². The smallest absolute Gasteiger partial charge is 0.305 e. The SMILES string of the molecule is CCOC(=O)CCCc1cc(C(=O)c2cccc(NCc3ccc(CC(C)C)cc3)c2)c(CC)n1C. The van der Waals surface area contributed by atoms with Crippen LogP contribution in [-0.2, 0) is 42.4 Å². The zero-order chi connectivity index (χ0) is 26.1. The molecule has 1 heterocycles. The number of nitrogens with zero attached hydrogens (tertiary/aromatic N) is 1. The third kappa shape index (κ3) is 7.33. The van der Waals surface area contributed by atoms with Crippen molar-refractivity contribution in [2.45, 2.75) is 66.3 Å². The van der Waals surface area contributed by atoms with E-state index in [1.165, 1.54) is 11.1 Å². The Hall–Kier alpha value is -3.34. The van der Waals surface area contributed by atoms with Crippen LogP contribution in [0.25, 0.3) is 0 Å². The summed E-state index contributed by atoms with van der Waals surface area (Å²) in [5.74, 6) is 0.503. The number of anilines is 1. The standard InChI is InChI=1S/C31H40N2O3/c1-6-29-28(20-27(33(29)5)12-9-13-30(34)36-7-2)31(35)25-10-8-11-26(19-25)32-21-24-16-14-23(15-17-24)18-22(3)4/h8,10-11,14-17,19-20,22,32H,6-7,9,12-13,18,21H2,1-5H3. The molecule has 1 N–H and O–H groups in total. The van der Waals surface area contributed by atoms with Crippen molar-refractivity contribution >= 4 is 17.4 Å². The van der Waals surface area contributed by atoms with E-state index in [0.29, 0.717) is 37.5 Å². The molecule has 0 bridgehead atoms. The number of hydrogen-bond acceptors (Lipinski definition) is 4. The van der Waals surface area contributed by atoms with E-state index in [9.17, 15) is 9.59 Å². The Labute approximate surface area is 215 Å². The Morgan fingerprint density at radius 2 is 1.72 bits per heavy atom. The number of aryl methyl sites for hydroxylation is 1. The molecule has 5 heteroatoms. The van der Waals surface area contributed by atoms with Gasteiger partial charge in [0.25, 0.3) is 0 Å². The fourth-order valence-electron chi connectivity index (χ4n) is 4.61. The number of ether oxygens (including phenoxy) is 1. The first-order valence-electron chi connectivity index (χ1n) is 13.1. The van der Waals surface area contributed by atoms with Crippen LogP contribution < -0.4 is 5.32 Å². The van der Waals surface area contributed by atoms with Gasteiger partial charge in [-0.3, -0.25) is 9.59 Å². The van der Waals surface area contributed by atoms with Crippen LogP contribution >= 0.6 is 0 Å². The van der Waals surface area contributed by atoms with Crippen LogP contribution in [0.15, 0.2) is 54.6 Å². The molecule has 2 aromatic carbocycles. The highest BCUT2D eigenvalue weighted by molar-refractivity contribution is 6.10. The molecular formula is C31H40N2O3. The van der Waals surface area contributed by atoms with Crippen molar-refractivity contribution < 1.29 is 14.3 Å². The summed E-state index contributed by atoms with van der Waals surface area (Å²) < 4.78 is 7.13. The molecular weight excluding hydrogens is 448 g/mol. The van der Waals surface area contributed by atoms with Crippen LogP contribution in [0, 0.1) is 5.92 Å². The molecule has 0 radical (unpaired) electrons. The van der Waals surface area contributed by atoms with Crippen molar-refractivity contribution in [2.75, 3.05) is 11.9 Å². The maximum absolute atomic E-state index is 13.5. The third-order valence-electron chi connectivity index (χ3n) is 6.44. The zero-order valence-corrected chi connectivity index (χ0v) is 22.4. The second-order valence-electron chi connectivity index (χ2n) is 9.75. The van der Waals surface area contributed by atoms with Crippen molar-refractivity contribution in [3.8, 4) is 0 Å². The van der Waals surface area contributed by atoms with Gasteiger partial charge >= 0.3 is 5.97 Å². The van der Waals surface area contributed by atoms with E-state index < -0.39 is 0 Å². The van der Waals surface area contributed by atoms with E-state index in [-0.39, 0.29) is 11.8 Å². The lowest BCUT2D eigenvalue weighted by Crippen LogP contribution is -2.07. The van der Waals surface area contributed by atoms with Gasteiger partial charge in [0.1, 0.15) is 0 Å². The van der Waals surface area contributed by atoms with E-state index >= 15 is 0 Å². The first-order valence-corrected chi connectivity index (χ1v) is 13.1. The average Bonchev–Trinajstić information content (AvgIpc) is 3.18. The molecule has 5 nitrogen and oxygen atoms in total. The third-order valence-corrected chi connectivity index (χ3v) is 6.44. The van der Waals surface area contributed by atoms with Gasteiger partial charge in [-0.2, -0.15) is 0 Å². The Morgan fingerprint density at radius 1 is 1.00 bits per heavy atom. The van der Waals surface area contributed by atoms with Crippen LogP contribution in [0.5, 0.6) is 0 Å². The largest absolute Gasteiger partial charge is 0.466 e. The van der Waals surface area contributed by atoms with Gasteiger partial charge in [-0.1, -0.05) is 57.2 Å². The molecule has 192 valence electrons. The van der Waals surface area contributed by atoms with Gasteiger partial charge in [0, 0.05) is 48.2 Å². The molecule has 0 unspecified atom stereocenters. The van der Waals surface area contributed by atoms with Gasteiger partial charge in [0.05, 0.1) is 6.61 Å². The molecule has 0 aliphatic carbocycles. The molecule has 1 aromatic heterocycles. The average molecular weight is 489 g/mol. The summed E-state index contributed by atoms with van der Waals surface area (Å²) >= 11 is 0. The van der Waals surface area contributed by atoms with Crippen LogP contribution in [0.2, 0.25) is 0 Å². The molecule has 0 saturated heterocycles. The summed E-state index contributed by atoms with van der Waals surface area (Å²) in [5.41, 5.74) is 6.99. The molecule has 0 fully saturated rings. The molecule has 0 spiro atoms. The second kappa shape index (κ2) is 13.1. The number of aromatic nitrogens is 1. The minimum absolute atomic E-state index is 0.0285. The normalized spacial score (nSPS) is 11.1. The summed E-state index contributed by atoms with van der Waals surface area (Å²) in [6.07, 6.45) is 3.67. The maximum atomic E-state index is 13.5. The molecule has 3 aromatic rings. The number of carbonyl (C=O) groups is 2. The summed E-state index contributed by atoms with van der Waals surface area (Å²) in [6, 6.07) is 18.5. The Balaban J connectivity index is 1.68. The molecule has 0 amide bonds. The van der Waals surface area contributed by atoms with E-state index in [1.807, 2.05) is 44.3 Å². The van der Waals surface area contributed by atoms with Gasteiger partial charge in [0.15, 0.2) is 5.78 Å². The van der Waals surface area contributed by atoms with Gasteiger partial charge in [-0.25, -0.2) is 0 Å². The molecule has 0 aliphatic heterocycles. The lowest BCUT2D eigenvalue weighted by Gasteiger charge is -2.10. The Bertz CT molecular complexity index is 1160. The molecule has 36 heavy (non-hydrogen) atoms. The van der Waals surface area contributed by atoms with Crippen molar-refractivity contribution in [2.24, 2.45) is 13.0 Å². The van der Waals surface area contributed by atoms with E-state index in [0.717, 1.165) is 41.9 Å². The van der Waals surface area contributed by atoms with E-state index in [4.69, 9.17) is 4.74 Å². The van der Waals surface area contributed by atoms with Crippen molar-refractivity contribution in [1.82, 2.24) is 4.57 Å².